The van der Waals surface area contributed by atoms with E-state index in [0.717, 1.165) is 36.8 Å². The SMILES string of the molecule is N[C@@H](Cc1ccccc1)C(=O)N[C@@H](CO)C(=O)N[C@H](Cc1ccccc1)[C@H](O)C(=O)NCC1CCCCC1. The van der Waals surface area contributed by atoms with Gasteiger partial charge in [-0.2, -0.15) is 0 Å². The summed E-state index contributed by atoms with van der Waals surface area (Å²) in [6.07, 6.45) is 4.51. The van der Waals surface area contributed by atoms with E-state index in [1.165, 1.54) is 6.42 Å². The largest absolute Gasteiger partial charge is 0.394 e. The van der Waals surface area contributed by atoms with Crippen molar-refractivity contribution in [1.29, 1.82) is 0 Å². The Morgan fingerprint density at radius 1 is 0.816 bits per heavy atom. The number of nitrogens with two attached hydrogens (primary N) is 1. The van der Waals surface area contributed by atoms with E-state index in [2.05, 4.69) is 16.0 Å². The lowest BCUT2D eigenvalue weighted by Crippen LogP contribution is -2.58. The van der Waals surface area contributed by atoms with Crippen molar-refractivity contribution in [3.8, 4) is 0 Å². The summed E-state index contributed by atoms with van der Waals surface area (Å²) in [5, 5.41) is 28.7. The topological polar surface area (TPSA) is 154 Å². The third-order valence-corrected chi connectivity index (χ3v) is 7.02. The van der Waals surface area contributed by atoms with E-state index in [0.29, 0.717) is 12.5 Å². The molecule has 0 heterocycles. The van der Waals surface area contributed by atoms with Crippen molar-refractivity contribution >= 4 is 17.7 Å². The van der Waals surface area contributed by atoms with Crippen molar-refractivity contribution in [2.45, 2.75) is 69.2 Å². The first-order chi connectivity index (χ1) is 18.4. The lowest BCUT2D eigenvalue weighted by molar-refractivity contribution is -0.134. The molecule has 9 nitrogen and oxygen atoms in total. The Morgan fingerprint density at radius 3 is 1.97 bits per heavy atom. The molecule has 0 aliphatic heterocycles. The van der Waals surface area contributed by atoms with Crippen molar-refractivity contribution in [1.82, 2.24) is 16.0 Å². The summed E-state index contributed by atoms with van der Waals surface area (Å²) in [6, 6.07) is 15.2. The van der Waals surface area contributed by atoms with Crippen LogP contribution < -0.4 is 21.7 Å². The van der Waals surface area contributed by atoms with Crippen LogP contribution in [0.15, 0.2) is 60.7 Å². The van der Waals surface area contributed by atoms with Crippen LogP contribution in [0.5, 0.6) is 0 Å². The number of carbonyl (C=O) groups excluding carboxylic acids is 3. The molecular formula is C29H40N4O5. The first-order valence-corrected chi connectivity index (χ1v) is 13.4. The smallest absolute Gasteiger partial charge is 0.251 e. The number of hydrogen-bond donors (Lipinski definition) is 6. The van der Waals surface area contributed by atoms with Crippen LogP contribution in [0.1, 0.15) is 43.2 Å². The maximum absolute atomic E-state index is 13.1. The van der Waals surface area contributed by atoms with Crippen LogP contribution in [-0.4, -0.2) is 65.3 Å². The third-order valence-electron chi connectivity index (χ3n) is 7.02. The van der Waals surface area contributed by atoms with Crippen LogP contribution in [0.25, 0.3) is 0 Å². The Bertz CT molecular complexity index is 1010. The summed E-state index contributed by atoms with van der Waals surface area (Å²) in [6.45, 7) is -0.186. The molecule has 0 radical (unpaired) electrons. The Balaban J connectivity index is 1.62. The van der Waals surface area contributed by atoms with Crippen LogP contribution in [0.4, 0.5) is 0 Å². The zero-order valence-electron chi connectivity index (χ0n) is 21.7. The maximum Gasteiger partial charge on any atom is 0.251 e. The van der Waals surface area contributed by atoms with Crippen LogP contribution in [0.3, 0.4) is 0 Å². The second-order valence-electron chi connectivity index (χ2n) is 10.0. The van der Waals surface area contributed by atoms with E-state index >= 15 is 0 Å². The van der Waals surface area contributed by atoms with Gasteiger partial charge in [0.2, 0.25) is 11.8 Å². The van der Waals surface area contributed by atoms with Gasteiger partial charge in [0.05, 0.1) is 18.7 Å². The summed E-state index contributed by atoms with van der Waals surface area (Å²) in [5.41, 5.74) is 7.70. The second-order valence-corrected chi connectivity index (χ2v) is 10.0. The minimum atomic E-state index is -1.52. The standard InChI is InChI=1S/C29H40N4O5/c30-23(16-20-10-4-1-5-11-20)27(36)33-25(19-34)28(37)32-24(17-21-12-6-2-7-13-21)26(35)29(38)31-18-22-14-8-3-9-15-22/h1-2,4-7,10-13,22-26,34-35H,3,8-9,14-19,30H2,(H,31,38)(H,32,37)(H,33,36)/t23-,24+,25-,26-/m0/s1. The van der Waals surface area contributed by atoms with Gasteiger partial charge in [-0.3, -0.25) is 14.4 Å². The summed E-state index contributed by atoms with van der Waals surface area (Å²) < 4.78 is 0. The van der Waals surface area contributed by atoms with Gasteiger partial charge in [0, 0.05) is 6.54 Å². The van der Waals surface area contributed by atoms with Crippen LogP contribution in [-0.2, 0) is 27.2 Å². The maximum atomic E-state index is 13.1. The fourth-order valence-corrected chi connectivity index (χ4v) is 4.75. The highest BCUT2D eigenvalue weighted by molar-refractivity contribution is 5.90. The summed E-state index contributed by atoms with van der Waals surface area (Å²) in [5.74, 6) is -1.48. The van der Waals surface area contributed by atoms with E-state index in [1.54, 1.807) is 0 Å². The van der Waals surface area contributed by atoms with Crippen LogP contribution in [0.2, 0.25) is 0 Å². The molecule has 3 rings (SSSR count). The van der Waals surface area contributed by atoms with Gasteiger partial charge in [-0.1, -0.05) is 79.9 Å². The molecule has 1 aliphatic carbocycles. The van der Waals surface area contributed by atoms with Crippen molar-refractivity contribution in [3.05, 3.63) is 71.8 Å². The van der Waals surface area contributed by atoms with E-state index < -0.39 is 48.6 Å². The molecule has 1 aliphatic rings. The molecule has 0 bridgehead atoms. The molecule has 206 valence electrons. The van der Waals surface area contributed by atoms with E-state index in [4.69, 9.17) is 5.73 Å². The zero-order valence-corrected chi connectivity index (χ0v) is 21.7. The van der Waals surface area contributed by atoms with E-state index in [1.807, 2.05) is 60.7 Å². The first-order valence-electron chi connectivity index (χ1n) is 13.4. The molecule has 0 aromatic heterocycles. The quantitative estimate of drug-likeness (QED) is 0.228. The molecule has 0 saturated heterocycles. The third kappa shape index (κ3) is 9.24. The molecule has 0 unspecified atom stereocenters. The highest BCUT2D eigenvalue weighted by Crippen LogP contribution is 2.22. The molecule has 1 fully saturated rings. The number of carbonyl (C=O) groups is 3. The molecule has 3 amide bonds. The average Bonchev–Trinajstić information content (AvgIpc) is 2.95. The Kier molecular flexibility index (Phi) is 11.7. The van der Waals surface area contributed by atoms with E-state index in [-0.39, 0.29) is 12.8 Å². The second kappa shape index (κ2) is 15.2. The van der Waals surface area contributed by atoms with E-state index in [9.17, 15) is 24.6 Å². The van der Waals surface area contributed by atoms with Crippen molar-refractivity contribution in [2.24, 2.45) is 11.7 Å². The van der Waals surface area contributed by atoms with Crippen LogP contribution in [0, 0.1) is 5.92 Å². The van der Waals surface area contributed by atoms with Gasteiger partial charge in [-0.15, -0.1) is 0 Å². The minimum Gasteiger partial charge on any atom is -0.394 e. The van der Waals surface area contributed by atoms with Gasteiger partial charge < -0.3 is 31.9 Å². The van der Waals surface area contributed by atoms with Crippen LogP contribution >= 0.6 is 0 Å². The molecule has 7 N–H and O–H groups in total. The molecule has 38 heavy (non-hydrogen) atoms. The molecular weight excluding hydrogens is 484 g/mol. The summed E-state index contributed by atoms with van der Waals surface area (Å²) in [4.78, 5) is 38.5. The summed E-state index contributed by atoms with van der Waals surface area (Å²) >= 11 is 0. The number of aliphatic hydroxyl groups excluding tert-OH is 2. The van der Waals surface area contributed by atoms with Crippen molar-refractivity contribution in [2.75, 3.05) is 13.2 Å². The Labute approximate surface area is 224 Å². The molecule has 2 aromatic rings. The number of amides is 3. The fourth-order valence-electron chi connectivity index (χ4n) is 4.75. The lowest BCUT2D eigenvalue weighted by Gasteiger charge is -2.27. The molecule has 1 saturated carbocycles. The van der Waals surface area contributed by atoms with Gasteiger partial charge in [-0.25, -0.2) is 0 Å². The molecule has 4 atom stereocenters. The van der Waals surface area contributed by atoms with Crippen molar-refractivity contribution in [3.63, 3.8) is 0 Å². The van der Waals surface area contributed by atoms with Gasteiger partial charge >= 0.3 is 0 Å². The first kappa shape index (κ1) is 29.3. The number of nitrogens with one attached hydrogen (secondary N) is 3. The number of aliphatic hydroxyl groups is 2. The molecule has 0 spiro atoms. The number of rotatable bonds is 13. The highest BCUT2D eigenvalue weighted by atomic mass is 16.3. The predicted molar refractivity (Wildman–Crippen MR) is 145 cm³/mol. The predicted octanol–water partition coefficient (Wildman–Crippen LogP) is 0.818. The molecule has 2 aromatic carbocycles. The normalized spacial score (nSPS) is 17.0. The minimum absolute atomic E-state index is 0.185. The monoisotopic (exact) mass is 524 g/mol. The fraction of sp³-hybridized carbons (Fsp3) is 0.483. The molecule has 9 heteroatoms. The number of hydrogen-bond acceptors (Lipinski definition) is 6. The van der Waals surface area contributed by atoms with Gasteiger partial charge in [0.15, 0.2) is 6.10 Å². The van der Waals surface area contributed by atoms with Crippen molar-refractivity contribution < 1.29 is 24.6 Å². The van der Waals surface area contributed by atoms with Gasteiger partial charge in [0.1, 0.15) is 6.04 Å². The summed E-state index contributed by atoms with van der Waals surface area (Å²) in [7, 11) is 0. The zero-order chi connectivity index (χ0) is 27.3. The number of benzene rings is 2. The average molecular weight is 525 g/mol. The van der Waals surface area contributed by atoms with Gasteiger partial charge in [0.25, 0.3) is 5.91 Å². The highest BCUT2D eigenvalue weighted by Gasteiger charge is 2.31. The Morgan fingerprint density at radius 2 is 1.39 bits per heavy atom. The Hall–Kier alpha value is -3.27. The van der Waals surface area contributed by atoms with Gasteiger partial charge in [-0.05, 0) is 42.7 Å². The lowest BCUT2D eigenvalue weighted by atomic mass is 9.89.